The molecule has 0 saturated carbocycles. The van der Waals surface area contributed by atoms with E-state index in [1.54, 1.807) is 12.1 Å². The highest BCUT2D eigenvalue weighted by atomic mass is 32.2. The number of carbonyl (C=O) groups excluding carboxylic acids is 2. The van der Waals surface area contributed by atoms with Crippen molar-refractivity contribution < 1.29 is 23.1 Å². The summed E-state index contributed by atoms with van der Waals surface area (Å²) in [5, 5.41) is 4.85. The summed E-state index contributed by atoms with van der Waals surface area (Å²) in [6.07, 6.45) is -0.738. The summed E-state index contributed by atoms with van der Waals surface area (Å²) in [5.74, 6) is -0.0804. The fraction of sp³-hybridized carbons (Fsp3) is 0.273. The Labute approximate surface area is 112 Å². The predicted octanol–water partition coefficient (Wildman–Crippen LogP) is 0.612. The summed E-state index contributed by atoms with van der Waals surface area (Å²) < 4.78 is 25.4. The maximum atomic E-state index is 11.3. The summed E-state index contributed by atoms with van der Waals surface area (Å²) in [4.78, 5) is 22.0. The molecular weight excluding hydrogens is 272 g/mol. The Hall–Kier alpha value is -1.93. The second kappa shape index (κ2) is 7.49. The van der Waals surface area contributed by atoms with Crippen molar-refractivity contribution in [2.75, 3.05) is 17.6 Å². The number of benzene rings is 1. The van der Waals surface area contributed by atoms with Gasteiger partial charge in [-0.25, -0.2) is 4.79 Å². The van der Waals surface area contributed by atoms with Crippen molar-refractivity contribution in [3.8, 4) is 5.75 Å². The van der Waals surface area contributed by atoms with Crippen LogP contribution in [0.1, 0.15) is 6.92 Å². The molecule has 2 amide bonds. The SMILES string of the molecule is CC(=O)Nc1ccc(OC(=O)NCCS(=O)[O-])cc1. The van der Waals surface area contributed by atoms with E-state index >= 15 is 0 Å². The molecule has 0 spiro atoms. The van der Waals surface area contributed by atoms with Crippen molar-refractivity contribution in [3.05, 3.63) is 24.3 Å². The van der Waals surface area contributed by atoms with Gasteiger partial charge in [0.2, 0.25) is 5.91 Å². The van der Waals surface area contributed by atoms with Crippen molar-refractivity contribution in [1.29, 1.82) is 0 Å². The van der Waals surface area contributed by atoms with E-state index in [4.69, 9.17) is 4.74 Å². The zero-order valence-electron chi connectivity index (χ0n) is 10.2. The molecule has 0 fully saturated rings. The molecule has 1 unspecified atom stereocenters. The van der Waals surface area contributed by atoms with Gasteiger partial charge in [-0.1, -0.05) is 11.1 Å². The van der Waals surface area contributed by atoms with Crippen LogP contribution in [0.5, 0.6) is 5.75 Å². The summed E-state index contributed by atoms with van der Waals surface area (Å²) in [5.41, 5.74) is 0.585. The Balaban J connectivity index is 2.42. The lowest BCUT2D eigenvalue weighted by Gasteiger charge is -2.08. The topological polar surface area (TPSA) is 108 Å². The number of hydrogen-bond acceptors (Lipinski definition) is 5. The number of amides is 2. The second-order valence-corrected chi connectivity index (χ2v) is 4.55. The van der Waals surface area contributed by atoms with E-state index in [0.29, 0.717) is 5.69 Å². The highest BCUT2D eigenvalue weighted by Crippen LogP contribution is 2.15. The lowest BCUT2D eigenvalue weighted by molar-refractivity contribution is -0.114. The quantitative estimate of drug-likeness (QED) is 0.771. The number of nitrogens with one attached hydrogen (secondary N) is 2. The van der Waals surface area contributed by atoms with Gasteiger partial charge in [-0.3, -0.25) is 9.00 Å². The van der Waals surface area contributed by atoms with Crippen molar-refractivity contribution in [1.82, 2.24) is 5.32 Å². The zero-order chi connectivity index (χ0) is 14.3. The van der Waals surface area contributed by atoms with Gasteiger partial charge in [0, 0.05) is 24.9 Å². The molecule has 1 rings (SSSR count). The number of hydrogen-bond donors (Lipinski definition) is 2. The number of rotatable bonds is 5. The van der Waals surface area contributed by atoms with E-state index in [0.717, 1.165) is 0 Å². The molecule has 0 aliphatic carbocycles. The van der Waals surface area contributed by atoms with Gasteiger partial charge in [0.25, 0.3) is 0 Å². The molecule has 7 nitrogen and oxygen atoms in total. The molecule has 0 bridgehead atoms. The van der Waals surface area contributed by atoms with Gasteiger partial charge in [0.15, 0.2) is 0 Å². The first-order chi connectivity index (χ1) is 8.97. The molecule has 8 heteroatoms. The van der Waals surface area contributed by atoms with Crippen LogP contribution in [0.3, 0.4) is 0 Å². The molecule has 2 N–H and O–H groups in total. The molecule has 0 aliphatic heterocycles. The maximum Gasteiger partial charge on any atom is 0.412 e. The summed E-state index contributed by atoms with van der Waals surface area (Å²) in [7, 11) is 0. The first-order valence-electron chi connectivity index (χ1n) is 5.36. The molecular formula is C11H13N2O5S-. The normalized spacial score (nSPS) is 11.5. The van der Waals surface area contributed by atoms with E-state index in [1.165, 1.54) is 19.1 Å². The second-order valence-electron chi connectivity index (χ2n) is 3.53. The minimum absolute atomic E-state index is 0.0150. The Morgan fingerprint density at radius 3 is 2.47 bits per heavy atom. The Morgan fingerprint density at radius 2 is 1.95 bits per heavy atom. The van der Waals surface area contributed by atoms with Gasteiger partial charge in [0.05, 0.1) is 0 Å². The standard InChI is InChI=1S/C11H14N2O5S/c1-8(14)13-9-2-4-10(5-3-9)18-11(15)12-6-7-19(16)17/h2-5H,6-7H2,1H3,(H,12,15)(H,13,14)(H,16,17)/p-1. The van der Waals surface area contributed by atoms with Crippen molar-refractivity contribution in [2.24, 2.45) is 0 Å². The molecule has 1 aromatic rings. The molecule has 1 atom stereocenters. The highest BCUT2D eigenvalue weighted by Gasteiger charge is 2.03. The fourth-order valence-electron chi connectivity index (χ4n) is 1.19. The molecule has 0 aromatic heterocycles. The smallest absolute Gasteiger partial charge is 0.412 e. The third-order valence-corrected chi connectivity index (χ3v) is 2.46. The molecule has 0 saturated heterocycles. The van der Waals surface area contributed by atoms with Crippen LogP contribution in [-0.4, -0.2) is 33.1 Å². The van der Waals surface area contributed by atoms with Gasteiger partial charge in [-0.15, -0.1) is 0 Å². The Kier molecular flexibility index (Phi) is 5.97. The largest absolute Gasteiger partial charge is 0.772 e. The van der Waals surface area contributed by atoms with Crippen molar-refractivity contribution in [3.63, 3.8) is 0 Å². The highest BCUT2D eigenvalue weighted by molar-refractivity contribution is 7.79. The molecule has 0 heterocycles. The molecule has 0 radical (unpaired) electrons. The van der Waals surface area contributed by atoms with Crippen LogP contribution in [0.2, 0.25) is 0 Å². The third-order valence-electron chi connectivity index (χ3n) is 1.92. The van der Waals surface area contributed by atoms with Gasteiger partial charge < -0.3 is 19.9 Å². The van der Waals surface area contributed by atoms with E-state index < -0.39 is 17.2 Å². The number of anilines is 1. The van der Waals surface area contributed by atoms with E-state index in [1.807, 2.05) is 0 Å². The van der Waals surface area contributed by atoms with E-state index in [2.05, 4.69) is 10.6 Å². The van der Waals surface area contributed by atoms with Crippen LogP contribution in [0.4, 0.5) is 10.5 Å². The van der Waals surface area contributed by atoms with Crippen molar-refractivity contribution in [2.45, 2.75) is 6.92 Å². The third kappa shape index (κ3) is 6.53. The average Bonchev–Trinajstić information content (AvgIpc) is 2.30. The first-order valence-corrected chi connectivity index (χ1v) is 6.61. The van der Waals surface area contributed by atoms with Gasteiger partial charge in [0.1, 0.15) is 5.75 Å². The Bertz CT molecular complexity index is 474. The van der Waals surface area contributed by atoms with Crippen LogP contribution in [0, 0.1) is 0 Å². The van der Waals surface area contributed by atoms with Crippen molar-refractivity contribution >= 4 is 28.8 Å². The van der Waals surface area contributed by atoms with E-state index in [9.17, 15) is 18.4 Å². The van der Waals surface area contributed by atoms with Crippen LogP contribution < -0.4 is 15.4 Å². The molecule has 0 aliphatic rings. The monoisotopic (exact) mass is 285 g/mol. The summed E-state index contributed by atoms with van der Waals surface area (Å²) in [6, 6.07) is 6.18. The van der Waals surface area contributed by atoms with Gasteiger partial charge >= 0.3 is 6.09 Å². The van der Waals surface area contributed by atoms with Crippen LogP contribution in [0.15, 0.2) is 24.3 Å². The number of carbonyl (C=O) groups is 2. The van der Waals surface area contributed by atoms with Crippen LogP contribution >= 0.6 is 0 Å². The lowest BCUT2D eigenvalue weighted by atomic mass is 10.3. The van der Waals surface area contributed by atoms with Gasteiger partial charge in [-0.2, -0.15) is 0 Å². The number of ether oxygens (including phenoxy) is 1. The lowest BCUT2D eigenvalue weighted by Crippen LogP contribution is -2.30. The summed E-state index contributed by atoms with van der Waals surface area (Å²) in [6.45, 7) is 1.37. The minimum atomic E-state index is -2.20. The Morgan fingerprint density at radius 1 is 1.32 bits per heavy atom. The first kappa shape index (κ1) is 15.1. The van der Waals surface area contributed by atoms with Crippen LogP contribution in [0.25, 0.3) is 0 Å². The predicted molar refractivity (Wildman–Crippen MR) is 68.6 cm³/mol. The maximum absolute atomic E-state index is 11.3. The van der Waals surface area contributed by atoms with Crippen LogP contribution in [-0.2, 0) is 15.9 Å². The van der Waals surface area contributed by atoms with E-state index in [-0.39, 0.29) is 24.0 Å². The average molecular weight is 285 g/mol. The molecule has 1 aromatic carbocycles. The molecule has 104 valence electrons. The summed E-state index contributed by atoms with van der Waals surface area (Å²) >= 11 is -2.20. The fourth-order valence-corrected chi connectivity index (χ4v) is 1.46. The van der Waals surface area contributed by atoms with Gasteiger partial charge in [-0.05, 0) is 24.3 Å². The minimum Gasteiger partial charge on any atom is -0.772 e. The molecule has 19 heavy (non-hydrogen) atoms. The zero-order valence-corrected chi connectivity index (χ0v) is 11.0.